The molecule has 18 heavy (non-hydrogen) atoms. The monoisotopic (exact) mass is 252 g/mol. The molecule has 6 nitrogen and oxygen atoms in total. The van der Waals surface area contributed by atoms with Crippen LogP contribution >= 0.6 is 0 Å². The highest BCUT2D eigenvalue weighted by molar-refractivity contribution is 5.96. The zero-order chi connectivity index (χ0) is 13.7. The minimum Gasteiger partial charge on any atom is -0.383 e. The Labute approximate surface area is 105 Å². The average Bonchev–Trinajstić information content (AvgIpc) is 2.28. The Balaban J connectivity index is 2.93. The van der Waals surface area contributed by atoms with E-state index in [1.165, 1.54) is 12.1 Å². The molecule has 0 aliphatic carbocycles. The molecule has 0 saturated carbocycles. The van der Waals surface area contributed by atoms with Crippen LogP contribution in [-0.4, -0.2) is 30.6 Å². The number of hydrogen-bond donors (Lipinski definition) is 1. The molecular formula is C12H16N2O4. The normalized spacial score (nSPS) is 11.9. The second-order valence-corrected chi connectivity index (χ2v) is 4.04. The lowest BCUT2D eigenvalue weighted by Gasteiger charge is -2.13. The third-order valence-corrected chi connectivity index (χ3v) is 2.54. The summed E-state index contributed by atoms with van der Waals surface area (Å²) < 4.78 is 4.91. The van der Waals surface area contributed by atoms with Crippen molar-refractivity contribution in [2.24, 2.45) is 0 Å². The molecule has 1 aromatic rings. The summed E-state index contributed by atoms with van der Waals surface area (Å²) in [7, 11) is 1.54. The number of methoxy groups -OCH3 is 1. The molecule has 0 aromatic heterocycles. The summed E-state index contributed by atoms with van der Waals surface area (Å²) in [5, 5.41) is 13.5. The second kappa shape index (κ2) is 6.11. The molecule has 0 aliphatic rings. The average molecular weight is 252 g/mol. The van der Waals surface area contributed by atoms with Gasteiger partial charge in [-0.05, 0) is 19.9 Å². The van der Waals surface area contributed by atoms with Crippen LogP contribution in [0.25, 0.3) is 0 Å². The molecule has 0 saturated heterocycles. The Morgan fingerprint density at radius 2 is 2.22 bits per heavy atom. The SMILES string of the molecule is COC[C@H](C)NC(=O)c1cccc([N+](=O)[O-])c1C. The van der Waals surface area contributed by atoms with Crippen molar-refractivity contribution < 1.29 is 14.5 Å². The van der Waals surface area contributed by atoms with E-state index in [0.717, 1.165) is 0 Å². The fourth-order valence-corrected chi connectivity index (χ4v) is 1.66. The maximum absolute atomic E-state index is 11.9. The van der Waals surface area contributed by atoms with E-state index in [0.29, 0.717) is 17.7 Å². The Morgan fingerprint density at radius 3 is 2.78 bits per heavy atom. The maximum atomic E-state index is 11.9. The number of amides is 1. The summed E-state index contributed by atoms with van der Waals surface area (Å²) in [5.74, 6) is -0.333. The number of nitrogens with zero attached hydrogens (tertiary/aromatic N) is 1. The van der Waals surface area contributed by atoms with Crippen LogP contribution in [0.5, 0.6) is 0 Å². The van der Waals surface area contributed by atoms with Gasteiger partial charge in [-0.1, -0.05) is 6.07 Å². The third-order valence-electron chi connectivity index (χ3n) is 2.54. The molecule has 1 atom stereocenters. The van der Waals surface area contributed by atoms with E-state index < -0.39 is 4.92 Å². The van der Waals surface area contributed by atoms with Crippen LogP contribution in [0, 0.1) is 17.0 Å². The molecule has 1 aromatic carbocycles. The van der Waals surface area contributed by atoms with Crippen LogP contribution in [0.15, 0.2) is 18.2 Å². The molecule has 1 rings (SSSR count). The lowest BCUT2D eigenvalue weighted by atomic mass is 10.1. The van der Waals surface area contributed by atoms with E-state index in [4.69, 9.17) is 4.74 Å². The molecule has 0 fully saturated rings. The van der Waals surface area contributed by atoms with Gasteiger partial charge in [0.2, 0.25) is 0 Å². The topological polar surface area (TPSA) is 81.5 Å². The molecule has 0 radical (unpaired) electrons. The van der Waals surface area contributed by atoms with Gasteiger partial charge in [0.15, 0.2) is 0 Å². The minimum atomic E-state index is -0.495. The molecule has 6 heteroatoms. The van der Waals surface area contributed by atoms with Crippen molar-refractivity contribution in [2.75, 3.05) is 13.7 Å². The number of nitro groups is 1. The van der Waals surface area contributed by atoms with Crippen LogP contribution in [0.1, 0.15) is 22.8 Å². The molecule has 98 valence electrons. The number of ether oxygens (including phenoxy) is 1. The zero-order valence-electron chi connectivity index (χ0n) is 10.6. The lowest BCUT2D eigenvalue weighted by molar-refractivity contribution is -0.385. The van der Waals surface area contributed by atoms with Gasteiger partial charge in [-0.25, -0.2) is 0 Å². The first kappa shape index (κ1) is 14.1. The first-order chi connectivity index (χ1) is 8.47. The molecule has 0 spiro atoms. The van der Waals surface area contributed by atoms with Crippen molar-refractivity contribution in [1.29, 1.82) is 0 Å². The molecule has 0 bridgehead atoms. The highest BCUT2D eigenvalue weighted by Crippen LogP contribution is 2.20. The van der Waals surface area contributed by atoms with Crippen molar-refractivity contribution in [2.45, 2.75) is 19.9 Å². The summed E-state index contributed by atoms with van der Waals surface area (Å²) in [6, 6.07) is 4.30. The summed E-state index contributed by atoms with van der Waals surface area (Å²) in [4.78, 5) is 22.2. The van der Waals surface area contributed by atoms with E-state index in [1.807, 2.05) is 0 Å². The van der Waals surface area contributed by atoms with Crippen molar-refractivity contribution >= 4 is 11.6 Å². The second-order valence-electron chi connectivity index (χ2n) is 4.04. The van der Waals surface area contributed by atoms with Gasteiger partial charge in [-0.2, -0.15) is 0 Å². The van der Waals surface area contributed by atoms with Gasteiger partial charge in [-0.15, -0.1) is 0 Å². The number of carbonyl (C=O) groups is 1. The van der Waals surface area contributed by atoms with E-state index in [2.05, 4.69) is 5.32 Å². The number of hydrogen-bond acceptors (Lipinski definition) is 4. The molecule has 0 aliphatic heterocycles. The number of nitrogens with one attached hydrogen (secondary N) is 1. The van der Waals surface area contributed by atoms with Crippen molar-refractivity contribution in [3.63, 3.8) is 0 Å². The quantitative estimate of drug-likeness (QED) is 0.638. The molecule has 1 amide bonds. The lowest BCUT2D eigenvalue weighted by Crippen LogP contribution is -2.36. The predicted molar refractivity (Wildman–Crippen MR) is 66.6 cm³/mol. The molecule has 0 heterocycles. The predicted octanol–water partition coefficient (Wildman–Crippen LogP) is 1.67. The van der Waals surface area contributed by atoms with Crippen LogP contribution < -0.4 is 5.32 Å². The number of carbonyl (C=O) groups excluding carboxylic acids is 1. The largest absolute Gasteiger partial charge is 0.383 e. The highest BCUT2D eigenvalue weighted by Gasteiger charge is 2.18. The fourth-order valence-electron chi connectivity index (χ4n) is 1.66. The van der Waals surface area contributed by atoms with Crippen LogP contribution in [-0.2, 0) is 4.74 Å². The van der Waals surface area contributed by atoms with Gasteiger partial charge >= 0.3 is 0 Å². The molecule has 0 unspecified atom stereocenters. The summed E-state index contributed by atoms with van der Waals surface area (Å²) in [6.45, 7) is 3.75. The van der Waals surface area contributed by atoms with Crippen LogP contribution in [0.3, 0.4) is 0 Å². The Bertz CT molecular complexity index is 459. The maximum Gasteiger partial charge on any atom is 0.273 e. The van der Waals surface area contributed by atoms with E-state index in [1.54, 1.807) is 27.0 Å². The summed E-state index contributed by atoms with van der Waals surface area (Å²) >= 11 is 0. The third kappa shape index (κ3) is 3.27. The minimum absolute atomic E-state index is 0.0537. The van der Waals surface area contributed by atoms with Gasteiger partial charge < -0.3 is 10.1 Å². The number of nitro benzene ring substituents is 1. The van der Waals surface area contributed by atoms with Gasteiger partial charge in [0, 0.05) is 30.3 Å². The van der Waals surface area contributed by atoms with Crippen molar-refractivity contribution in [1.82, 2.24) is 5.32 Å². The standard InChI is InChI=1S/C12H16N2O4/c1-8(7-18-3)13-12(15)10-5-4-6-11(9(10)2)14(16)17/h4-6,8H,7H2,1-3H3,(H,13,15)/t8-/m0/s1. The Hall–Kier alpha value is -1.95. The number of benzene rings is 1. The molecule has 1 N–H and O–H groups in total. The fraction of sp³-hybridized carbons (Fsp3) is 0.417. The smallest absolute Gasteiger partial charge is 0.273 e. The molecular weight excluding hydrogens is 236 g/mol. The Kier molecular flexibility index (Phi) is 4.79. The highest BCUT2D eigenvalue weighted by atomic mass is 16.6. The van der Waals surface area contributed by atoms with E-state index >= 15 is 0 Å². The van der Waals surface area contributed by atoms with Crippen LogP contribution in [0.2, 0.25) is 0 Å². The van der Waals surface area contributed by atoms with Crippen molar-refractivity contribution in [3.05, 3.63) is 39.4 Å². The van der Waals surface area contributed by atoms with Crippen LogP contribution in [0.4, 0.5) is 5.69 Å². The zero-order valence-corrected chi connectivity index (χ0v) is 10.6. The first-order valence-electron chi connectivity index (χ1n) is 5.51. The van der Waals surface area contributed by atoms with E-state index in [9.17, 15) is 14.9 Å². The van der Waals surface area contributed by atoms with Crippen molar-refractivity contribution in [3.8, 4) is 0 Å². The summed E-state index contributed by atoms with van der Waals surface area (Å²) in [5.41, 5.74) is 0.624. The first-order valence-corrected chi connectivity index (χ1v) is 5.51. The number of rotatable bonds is 5. The van der Waals surface area contributed by atoms with E-state index in [-0.39, 0.29) is 17.6 Å². The van der Waals surface area contributed by atoms with Gasteiger partial charge in [0.1, 0.15) is 0 Å². The van der Waals surface area contributed by atoms with Gasteiger partial charge in [0.25, 0.3) is 11.6 Å². The van der Waals surface area contributed by atoms with Gasteiger partial charge in [-0.3, -0.25) is 14.9 Å². The Morgan fingerprint density at radius 1 is 1.56 bits per heavy atom. The summed E-state index contributed by atoms with van der Waals surface area (Å²) in [6.07, 6.45) is 0. The van der Waals surface area contributed by atoms with Gasteiger partial charge in [0.05, 0.1) is 11.5 Å².